The van der Waals surface area contributed by atoms with Crippen LogP contribution in [0.5, 0.6) is 11.5 Å². The van der Waals surface area contributed by atoms with E-state index >= 15 is 0 Å². The first kappa shape index (κ1) is 14.9. The molecule has 0 heterocycles. The van der Waals surface area contributed by atoms with Crippen LogP contribution < -0.4 is 4.74 Å². The van der Waals surface area contributed by atoms with Crippen molar-refractivity contribution in [2.45, 2.75) is 19.3 Å². The Morgan fingerprint density at radius 1 is 1.10 bits per heavy atom. The summed E-state index contributed by atoms with van der Waals surface area (Å²) in [5, 5.41) is 18.7. The van der Waals surface area contributed by atoms with E-state index in [1.807, 2.05) is 31.2 Å². The van der Waals surface area contributed by atoms with Crippen LogP contribution in [0.2, 0.25) is 0 Å². The summed E-state index contributed by atoms with van der Waals surface area (Å²) in [5.74, 6) is -0.611. The predicted molar refractivity (Wildman–Crippen MR) is 79.8 cm³/mol. The number of benzene rings is 2. The SMILES string of the molecule is CCOc1ccc(CC(C(=O)O)c2ccc(O)cc2)cc1. The van der Waals surface area contributed by atoms with E-state index in [-0.39, 0.29) is 5.75 Å². The quantitative estimate of drug-likeness (QED) is 0.855. The van der Waals surface area contributed by atoms with E-state index in [1.165, 1.54) is 12.1 Å². The van der Waals surface area contributed by atoms with Crippen LogP contribution in [0, 0.1) is 0 Å². The molecule has 0 aliphatic heterocycles. The second-order valence-corrected chi connectivity index (χ2v) is 4.76. The van der Waals surface area contributed by atoms with Crippen molar-refractivity contribution >= 4 is 5.97 Å². The van der Waals surface area contributed by atoms with E-state index < -0.39 is 11.9 Å². The summed E-state index contributed by atoms with van der Waals surface area (Å²) in [7, 11) is 0. The van der Waals surface area contributed by atoms with E-state index in [9.17, 15) is 15.0 Å². The molecule has 0 amide bonds. The first-order valence-corrected chi connectivity index (χ1v) is 6.83. The highest BCUT2D eigenvalue weighted by molar-refractivity contribution is 5.76. The molecule has 21 heavy (non-hydrogen) atoms. The molecule has 0 aliphatic carbocycles. The molecule has 2 N–H and O–H groups in total. The van der Waals surface area contributed by atoms with Crippen molar-refractivity contribution in [3.63, 3.8) is 0 Å². The van der Waals surface area contributed by atoms with Gasteiger partial charge in [-0.15, -0.1) is 0 Å². The minimum Gasteiger partial charge on any atom is -0.508 e. The van der Waals surface area contributed by atoms with Crippen LogP contribution in [0.15, 0.2) is 48.5 Å². The first-order valence-electron chi connectivity index (χ1n) is 6.83. The molecule has 0 radical (unpaired) electrons. The molecule has 4 nitrogen and oxygen atoms in total. The maximum atomic E-state index is 11.5. The van der Waals surface area contributed by atoms with E-state index in [2.05, 4.69) is 0 Å². The van der Waals surface area contributed by atoms with Crippen molar-refractivity contribution in [1.29, 1.82) is 0 Å². The molecule has 110 valence electrons. The molecule has 2 aromatic rings. The van der Waals surface area contributed by atoms with E-state index in [4.69, 9.17) is 4.74 Å². The lowest BCUT2D eigenvalue weighted by atomic mass is 9.92. The van der Waals surface area contributed by atoms with E-state index in [1.54, 1.807) is 12.1 Å². The standard InChI is InChI=1S/C17H18O4/c1-2-21-15-9-3-12(4-10-15)11-16(17(19)20)13-5-7-14(18)8-6-13/h3-10,16,18H,2,11H2,1H3,(H,19,20). The molecule has 2 aromatic carbocycles. The largest absolute Gasteiger partial charge is 0.508 e. The number of aliphatic carboxylic acids is 1. The zero-order valence-electron chi connectivity index (χ0n) is 11.8. The second kappa shape index (κ2) is 6.79. The molecule has 0 aromatic heterocycles. The van der Waals surface area contributed by atoms with Gasteiger partial charge in [-0.1, -0.05) is 24.3 Å². The van der Waals surface area contributed by atoms with E-state index in [0.717, 1.165) is 11.3 Å². The molecule has 2 rings (SSSR count). The molecular formula is C17H18O4. The van der Waals surface area contributed by atoms with Gasteiger partial charge in [0.25, 0.3) is 0 Å². The van der Waals surface area contributed by atoms with Gasteiger partial charge in [-0.3, -0.25) is 4.79 Å². The smallest absolute Gasteiger partial charge is 0.311 e. The number of hydrogen-bond acceptors (Lipinski definition) is 3. The van der Waals surface area contributed by atoms with Gasteiger partial charge in [-0.25, -0.2) is 0 Å². The monoisotopic (exact) mass is 286 g/mol. The van der Waals surface area contributed by atoms with Gasteiger partial charge in [-0.05, 0) is 48.7 Å². The van der Waals surface area contributed by atoms with Gasteiger partial charge in [0.05, 0.1) is 12.5 Å². The van der Waals surface area contributed by atoms with Crippen LogP contribution in [-0.2, 0) is 11.2 Å². The molecule has 0 fully saturated rings. The summed E-state index contributed by atoms with van der Waals surface area (Å²) < 4.78 is 5.37. The third-order valence-corrected chi connectivity index (χ3v) is 3.27. The third-order valence-electron chi connectivity index (χ3n) is 3.27. The van der Waals surface area contributed by atoms with Gasteiger partial charge < -0.3 is 14.9 Å². The third kappa shape index (κ3) is 3.99. The van der Waals surface area contributed by atoms with Gasteiger partial charge in [0.1, 0.15) is 11.5 Å². The highest BCUT2D eigenvalue weighted by atomic mass is 16.5. The Kier molecular flexibility index (Phi) is 4.82. The molecule has 0 aliphatic rings. The van der Waals surface area contributed by atoms with Crippen molar-refractivity contribution in [1.82, 2.24) is 0 Å². The zero-order chi connectivity index (χ0) is 15.2. The second-order valence-electron chi connectivity index (χ2n) is 4.76. The number of phenolic OH excluding ortho intramolecular Hbond substituents is 1. The minimum absolute atomic E-state index is 0.129. The Bertz CT molecular complexity index is 587. The number of carboxylic acids is 1. The van der Waals surface area contributed by atoms with Crippen LogP contribution in [0.25, 0.3) is 0 Å². The molecule has 0 bridgehead atoms. The van der Waals surface area contributed by atoms with Crippen LogP contribution in [0.1, 0.15) is 24.0 Å². The van der Waals surface area contributed by atoms with Crippen LogP contribution >= 0.6 is 0 Å². The highest BCUT2D eigenvalue weighted by Crippen LogP contribution is 2.24. The average molecular weight is 286 g/mol. The normalized spacial score (nSPS) is 11.9. The van der Waals surface area contributed by atoms with Gasteiger partial charge in [-0.2, -0.15) is 0 Å². The topological polar surface area (TPSA) is 66.8 Å². The lowest BCUT2D eigenvalue weighted by Gasteiger charge is -2.13. The fourth-order valence-electron chi connectivity index (χ4n) is 2.18. The molecule has 1 atom stereocenters. The first-order chi connectivity index (χ1) is 10.1. The van der Waals surface area contributed by atoms with Gasteiger partial charge in [0.15, 0.2) is 0 Å². The van der Waals surface area contributed by atoms with Gasteiger partial charge in [0.2, 0.25) is 0 Å². The Morgan fingerprint density at radius 2 is 1.71 bits per heavy atom. The fourth-order valence-corrected chi connectivity index (χ4v) is 2.18. The van der Waals surface area contributed by atoms with Gasteiger partial charge >= 0.3 is 5.97 Å². The number of hydrogen-bond donors (Lipinski definition) is 2. The Hall–Kier alpha value is -2.49. The number of carbonyl (C=O) groups is 1. The molecule has 0 saturated heterocycles. The number of carboxylic acid groups (broad SMARTS) is 1. The van der Waals surface area contributed by atoms with Crippen LogP contribution in [0.3, 0.4) is 0 Å². The maximum Gasteiger partial charge on any atom is 0.311 e. The molecule has 0 spiro atoms. The summed E-state index contributed by atoms with van der Waals surface area (Å²) >= 11 is 0. The van der Waals surface area contributed by atoms with Crippen molar-refractivity contribution in [2.24, 2.45) is 0 Å². The number of rotatable bonds is 6. The Labute approximate surface area is 123 Å². The van der Waals surface area contributed by atoms with Crippen molar-refractivity contribution in [2.75, 3.05) is 6.61 Å². The lowest BCUT2D eigenvalue weighted by molar-refractivity contribution is -0.138. The van der Waals surface area contributed by atoms with Crippen molar-refractivity contribution in [3.8, 4) is 11.5 Å². The zero-order valence-corrected chi connectivity index (χ0v) is 11.8. The van der Waals surface area contributed by atoms with E-state index in [0.29, 0.717) is 18.6 Å². The summed E-state index contributed by atoms with van der Waals surface area (Å²) in [6, 6.07) is 13.7. The van der Waals surface area contributed by atoms with Gasteiger partial charge in [0, 0.05) is 0 Å². The summed E-state index contributed by atoms with van der Waals surface area (Å²) in [6.45, 7) is 2.52. The fraction of sp³-hybridized carbons (Fsp3) is 0.235. The number of aromatic hydroxyl groups is 1. The summed E-state index contributed by atoms with van der Waals surface area (Å²) in [6.07, 6.45) is 0.395. The average Bonchev–Trinajstić information content (AvgIpc) is 2.47. The summed E-state index contributed by atoms with van der Waals surface area (Å²) in [4.78, 5) is 11.5. The van der Waals surface area contributed by atoms with Crippen LogP contribution in [-0.4, -0.2) is 22.8 Å². The molecule has 4 heteroatoms. The predicted octanol–water partition coefficient (Wildman–Crippen LogP) is 3.20. The van der Waals surface area contributed by atoms with Crippen molar-refractivity contribution in [3.05, 3.63) is 59.7 Å². The Balaban J connectivity index is 2.16. The maximum absolute atomic E-state index is 11.5. The van der Waals surface area contributed by atoms with Crippen LogP contribution in [0.4, 0.5) is 0 Å². The number of phenols is 1. The molecule has 1 unspecified atom stereocenters. The number of ether oxygens (including phenoxy) is 1. The highest BCUT2D eigenvalue weighted by Gasteiger charge is 2.20. The Morgan fingerprint density at radius 3 is 2.24 bits per heavy atom. The van der Waals surface area contributed by atoms with Crippen molar-refractivity contribution < 1.29 is 19.7 Å². The molecule has 0 saturated carbocycles. The molecular weight excluding hydrogens is 268 g/mol. The lowest BCUT2D eigenvalue weighted by Crippen LogP contribution is -2.14. The minimum atomic E-state index is -0.880. The summed E-state index contributed by atoms with van der Waals surface area (Å²) in [5.41, 5.74) is 1.60.